The molecule has 3 rings (SSSR count). The number of carbonyl (C=O) groups is 1. The fraction of sp³-hybridized carbons (Fsp3) is 0.444. The summed E-state index contributed by atoms with van der Waals surface area (Å²) in [6, 6.07) is 5.43. The lowest BCUT2D eigenvalue weighted by molar-refractivity contribution is -0.135. The monoisotopic (exact) mass is 379 g/mol. The van der Waals surface area contributed by atoms with Crippen LogP contribution in [0.5, 0.6) is 5.75 Å². The van der Waals surface area contributed by atoms with Gasteiger partial charge in [-0.3, -0.25) is 9.69 Å². The standard InChI is InChI=1S/C18H22ClN3O2S/c1-13-9-16(3-4-17(13)19)24-11-18(23)22-7-5-21(6-8-22)10-15-12-25-14(2)20-15/h3-4,9,12H,5-8,10-11H2,1-2H3. The maximum atomic E-state index is 12.3. The van der Waals surface area contributed by atoms with E-state index in [-0.39, 0.29) is 12.5 Å². The second kappa shape index (κ2) is 8.17. The molecule has 25 heavy (non-hydrogen) atoms. The minimum absolute atomic E-state index is 0.0248. The molecule has 7 heteroatoms. The van der Waals surface area contributed by atoms with Crippen LogP contribution in [0.3, 0.4) is 0 Å². The van der Waals surface area contributed by atoms with Gasteiger partial charge in [-0.05, 0) is 37.6 Å². The van der Waals surface area contributed by atoms with Gasteiger partial charge in [0.15, 0.2) is 6.61 Å². The van der Waals surface area contributed by atoms with Crippen molar-refractivity contribution >= 4 is 28.8 Å². The first-order valence-corrected chi connectivity index (χ1v) is 9.57. The predicted octanol–water partition coefficient (Wildman–Crippen LogP) is 3.14. The molecule has 1 fully saturated rings. The van der Waals surface area contributed by atoms with E-state index in [0.717, 1.165) is 49.0 Å². The molecule has 134 valence electrons. The summed E-state index contributed by atoms with van der Waals surface area (Å²) in [7, 11) is 0. The van der Waals surface area contributed by atoms with Crippen molar-refractivity contribution in [1.82, 2.24) is 14.8 Å². The van der Waals surface area contributed by atoms with Crippen molar-refractivity contribution in [3.8, 4) is 5.75 Å². The van der Waals surface area contributed by atoms with Crippen molar-refractivity contribution in [2.75, 3.05) is 32.8 Å². The molecule has 1 aliphatic heterocycles. The van der Waals surface area contributed by atoms with Crippen LogP contribution in [0.1, 0.15) is 16.3 Å². The van der Waals surface area contributed by atoms with Crippen molar-refractivity contribution in [3.63, 3.8) is 0 Å². The summed E-state index contributed by atoms with van der Waals surface area (Å²) in [6.07, 6.45) is 0. The number of hydrogen-bond acceptors (Lipinski definition) is 5. The quantitative estimate of drug-likeness (QED) is 0.800. The topological polar surface area (TPSA) is 45.7 Å². The van der Waals surface area contributed by atoms with E-state index in [1.54, 1.807) is 23.5 Å². The SMILES string of the molecule is Cc1nc(CN2CCN(C(=O)COc3ccc(Cl)c(C)c3)CC2)cs1. The zero-order valence-electron chi connectivity index (χ0n) is 14.5. The van der Waals surface area contributed by atoms with E-state index in [2.05, 4.69) is 15.3 Å². The number of rotatable bonds is 5. The summed E-state index contributed by atoms with van der Waals surface area (Å²) in [6.45, 7) is 8.03. The number of aryl methyl sites for hydroxylation is 2. The first kappa shape index (κ1) is 18.2. The molecule has 0 radical (unpaired) electrons. The molecule has 0 bridgehead atoms. The number of carbonyl (C=O) groups excluding carboxylic acids is 1. The minimum atomic E-state index is 0.0248. The van der Waals surface area contributed by atoms with Crippen LogP contribution in [0, 0.1) is 13.8 Å². The molecule has 1 amide bonds. The third kappa shape index (κ3) is 4.93. The summed E-state index contributed by atoms with van der Waals surface area (Å²) in [5, 5.41) is 3.90. The molecular weight excluding hydrogens is 358 g/mol. The third-order valence-corrected chi connectivity index (χ3v) is 5.52. The van der Waals surface area contributed by atoms with Crippen molar-refractivity contribution in [2.24, 2.45) is 0 Å². The zero-order valence-corrected chi connectivity index (χ0v) is 16.1. The Balaban J connectivity index is 1.44. The maximum absolute atomic E-state index is 12.3. The van der Waals surface area contributed by atoms with Crippen LogP contribution in [0.2, 0.25) is 5.02 Å². The fourth-order valence-corrected chi connectivity index (χ4v) is 3.53. The highest BCUT2D eigenvalue weighted by molar-refractivity contribution is 7.09. The lowest BCUT2D eigenvalue weighted by atomic mass is 10.2. The van der Waals surface area contributed by atoms with Gasteiger partial charge in [-0.1, -0.05) is 11.6 Å². The summed E-state index contributed by atoms with van der Waals surface area (Å²) in [5.74, 6) is 0.699. The van der Waals surface area contributed by atoms with E-state index in [9.17, 15) is 4.79 Å². The molecule has 2 aromatic rings. The highest BCUT2D eigenvalue weighted by atomic mass is 35.5. The van der Waals surface area contributed by atoms with E-state index in [4.69, 9.17) is 16.3 Å². The lowest BCUT2D eigenvalue weighted by Gasteiger charge is -2.34. The average molecular weight is 380 g/mol. The first-order chi connectivity index (χ1) is 12.0. The van der Waals surface area contributed by atoms with Crippen molar-refractivity contribution in [1.29, 1.82) is 0 Å². The molecule has 0 atom stereocenters. The van der Waals surface area contributed by atoms with Crippen LogP contribution < -0.4 is 4.74 Å². The second-order valence-corrected chi connectivity index (χ2v) is 7.68. The molecule has 5 nitrogen and oxygen atoms in total. The number of aromatic nitrogens is 1. The van der Waals surface area contributed by atoms with Crippen LogP contribution in [-0.2, 0) is 11.3 Å². The van der Waals surface area contributed by atoms with E-state index in [1.165, 1.54) is 0 Å². The Bertz CT molecular complexity index is 742. The van der Waals surface area contributed by atoms with Gasteiger partial charge in [0.1, 0.15) is 5.75 Å². The number of hydrogen-bond donors (Lipinski definition) is 0. The van der Waals surface area contributed by atoms with Gasteiger partial charge in [0.05, 0.1) is 10.7 Å². The molecule has 1 aromatic heterocycles. The second-order valence-electron chi connectivity index (χ2n) is 6.21. The molecule has 0 N–H and O–H groups in total. The number of ether oxygens (including phenoxy) is 1. The van der Waals surface area contributed by atoms with E-state index >= 15 is 0 Å². The van der Waals surface area contributed by atoms with Crippen molar-refractivity contribution in [3.05, 3.63) is 44.9 Å². The zero-order chi connectivity index (χ0) is 17.8. The summed E-state index contributed by atoms with van der Waals surface area (Å²) >= 11 is 7.68. The third-order valence-electron chi connectivity index (χ3n) is 4.27. The average Bonchev–Trinajstić information content (AvgIpc) is 3.01. The van der Waals surface area contributed by atoms with Gasteiger partial charge < -0.3 is 9.64 Å². The highest BCUT2D eigenvalue weighted by Crippen LogP contribution is 2.21. The van der Waals surface area contributed by atoms with Gasteiger partial charge in [0, 0.05) is 43.1 Å². The number of nitrogens with zero attached hydrogens (tertiary/aromatic N) is 3. The van der Waals surface area contributed by atoms with Gasteiger partial charge in [-0.25, -0.2) is 4.98 Å². The van der Waals surface area contributed by atoms with E-state index in [1.807, 2.05) is 24.8 Å². The molecule has 0 unspecified atom stereocenters. The minimum Gasteiger partial charge on any atom is -0.484 e. The van der Waals surface area contributed by atoms with Gasteiger partial charge in [0.2, 0.25) is 0 Å². The molecule has 1 aromatic carbocycles. The molecule has 0 saturated carbocycles. The summed E-state index contributed by atoms with van der Waals surface area (Å²) in [5.41, 5.74) is 2.06. The highest BCUT2D eigenvalue weighted by Gasteiger charge is 2.22. The fourth-order valence-electron chi connectivity index (χ4n) is 2.81. The number of amides is 1. The predicted molar refractivity (Wildman–Crippen MR) is 100 cm³/mol. The van der Waals surface area contributed by atoms with Gasteiger partial charge in [-0.2, -0.15) is 0 Å². The Morgan fingerprint density at radius 3 is 2.68 bits per heavy atom. The van der Waals surface area contributed by atoms with Gasteiger partial charge in [-0.15, -0.1) is 11.3 Å². The largest absolute Gasteiger partial charge is 0.484 e. The molecule has 2 heterocycles. The Kier molecular flexibility index (Phi) is 5.93. The van der Waals surface area contributed by atoms with Crippen molar-refractivity contribution < 1.29 is 9.53 Å². The Labute approximate surface area is 157 Å². The van der Waals surface area contributed by atoms with Gasteiger partial charge in [0.25, 0.3) is 5.91 Å². The normalized spacial score (nSPS) is 15.4. The van der Waals surface area contributed by atoms with E-state index < -0.39 is 0 Å². The molecule has 0 spiro atoms. The molecule has 1 saturated heterocycles. The number of halogens is 1. The van der Waals surface area contributed by atoms with Crippen LogP contribution >= 0.6 is 22.9 Å². The summed E-state index contributed by atoms with van der Waals surface area (Å²) < 4.78 is 5.61. The maximum Gasteiger partial charge on any atom is 0.260 e. The smallest absolute Gasteiger partial charge is 0.260 e. The summed E-state index contributed by atoms with van der Waals surface area (Å²) in [4.78, 5) is 21.0. The molecular formula is C18H22ClN3O2S. The lowest BCUT2D eigenvalue weighted by Crippen LogP contribution is -2.49. The van der Waals surface area contributed by atoms with Crippen LogP contribution in [0.15, 0.2) is 23.6 Å². The Morgan fingerprint density at radius 2 is 2.04 bits per heavy atom. The van der Waals surface area contributed by atoms with Crippen molar-refractivity contribution in [2.45, 2.75) is 20.4 Å². The Hall–Kier alpha value is -1.63. The van der Waals surface area contributed by atoms with Crippen LogP contribution in [-0.4, -0.2) is 53.5 Å². The van der Waals surface area contributed by atoms with Crippen LogP contribution in [0.4, 0.5) is 0 Å². The number of piperazine rings is 1. The molecule has 1 aliphatic rings. The number of benzene rings is 1. The number of thiazole rings is 1. The van der Waals surface area contributed by atoms with Gasteiger partial charge >= 0.3 is 0 Å². The molecule has 0 aliphatic carbocycles. The van der Waals surface area contributed by atoms with Crippen LogP contribution in [0.25, 0.3) is 0 Å². The first-order valence-electron chi connectivity index (χ1n) is 8.31. The Morgan fingerprint density at radius 1 is 1.28 bits per heavy atom. The van der Waals surface area contributed by atoms with E-state index in [0.29, 0.717) is 10.8 Å².